The Morgan fingerprint density at radius 3 is 2.90 bits per heavy atom. The first kappa shape index (κ1) is 13.1. The van der Waals surface area contributed by atoms with Gasteiger partial charge in [0, 0.05) is 24.3 Å². The van der Waals surface area contributed by atoms with Gasteiger partial charge in [-0.1, -0.05) is 18.3 Å². The molecule has 0 unspecified atom stereocenters. The summed E-state index contributed by atoms with van der Waals surface area (Å²) < 4.78 is 0. The van der Waals surface area contributed by atoms with Crippen LogP contribution in [0.5, 0.6) is 0 Å². The Kier molecular flexibility index (Phi) is 3.93. The minimum atomic E-state index is 0.776. The Morgan fingerprint density at radius 1 is 1.15 bits per heavy atom. The maximum Gasteiger partial charge on any atom is 0.206 e. The molecule has 0 bridgehead atoms. The molecule has 0 saturated carbocycles. The average molecular weight is 304 g/mol. The lowest BCUT2D eigenvalue weighted by molar-refractivity contribution is 0.963. The number of anilines is 1. The Bertz CT molecular complexity index is 678. The van der Waals surface area contributed by atoms with Gasteiger partial charge in [0.25, 0.3) is 0 Å². The minimum absolute atomic E-state index is 0.776. The van der Waals surface area contributed by atoms with Crippen LogP contribution in [0.1, 0.15) is 13.3 Å². The van der Waals surface area contributed by atoms with Gasteiger partial charge in [0.05, 0.1) is 6.20 Å². The van der Waals surface area contributed by atoms with Crippen LogP contribution < -0.4 is 5.32 Å². The van der Waals surface area contributed by atoms with Gasteiger partial charge in [-0.3, -0.25) is 9.97 Å². The largest absolute Gasteiger partial charge is 0.360 e. The third-order valence-electron chi connectivity index (χ3n) is 2.46. The molecule has 0 radical (unpaired) electrons. The average Bonchev–Trinajstić information content (AvgIpc) is 3.15. The normalized spacial score (nSPS) is 10.7. The Hall–Kier alpha value is -1.93. The molecule has 0 saturated heterocycles. The fourth-order valence-corrected chi connectivity index (χ4v) is 3.10. The van der Waals surface area contributed by atoms with E-state index in [4.69, 9.17) is 0 Å². The first-order chi connectivity index (χ1) is 9.86. The standard InChI is InChI=1S/C12H12N6S2/c1-2-3-15-12-18-17-11(20-12)9-7-19-10(16-9)8-6-13-4-5-14-8/h4-7H,2-3H2,1H3,(H,15,18). The summed E-state index contributed by atoms with van der Waals surface area (Å²) in [6.07, 6.45) is 6.07. The van der Waals surface area contributed by atoms with E-state index in [1.165, 1.54) is 22.7 Å². The Balaban J connectivity index is 1.81. The highest BCUT2D eigenvalue weighted by Crippen LogP contribution is 2.30. The molecule has 0 fully saturated rings. The van der Waals surface area contributed by atoms with E-state index in [1.807, 2.05) is 5.38 Å². The number of aromatic nitrogens is 5. The van der Waals surface area contributed by atoms with Crippen molar-refractivity contribution < 1.29 is 0 Å². The number of rotatable bonds is 5. The topological polar surface area (TPSA) is 76.5 Å². The van der Waals surface area contributed by atoms with Crippen molar-refractivity contribution in [1.82, 2.24) is 25.1 Å². The zero-order valence-electron chi connectivity index (χ0n) is 10.8. The second kappa shape index (κ2) is 6.02. The second-order valence-corrected chi connectivity index (χ2v) is 5.80. The number of hydrogen-bond acceptors (Lipinski definition) is 8. The van der Waals surface area contributed by atoms with Crippen molar-refractivity contribution in [2.24, 2.45) is 0 Å². The highest BCUT2D eigenvalue weighted by molar-refractivity contribution is 7.19. The van der Waals surface area contributed by atoms with Crippen molar-refractivity contribution in [1.29, 1.82) is 0 Å². The van der Waals surface area contributed by atoms with Gasteiger partial charge in [-0.15, -0.1) is 21.5 Å². The van der Waals surface area contributed by atoms with Crippen LogP contribution in [0.15, 0.2) is 24.0 Å². The monoisotopic (exact) mass is 304 g/mol. The molecule has 3 aromatic heterocycles. The molecule has 3 heterocycles. The zero-order chi connectivity index (χ0) is 13.8. The van der Waals surface area contributed by atoms with Crippen LogP contribution in [-0.4, -0.2) is 31.7 Å². The summed E-state index contributed by atoms with van der Waals surface area (Å²) in [5, 5.41) is 15.9. The van der Waals surface area contributed by atoms with Gasteiger partial charge in [0.15, 0.2) is 5.01 Å². The lowest BCUT2D eigenvalue weighted by Gasteiger charge is -1.95. The minimum Gasteiger partial charge on any atom is -0.360 e. The molecule has 0 aromatic carbocycles. The van der Waals surface area contributed by atoms with E-state index in [1.54, 1.807) is 18.6 Å². The summed E-state index contributed by atoms with van der Waals surface area (Å²) in [6, 6.07) is 0. The van der Waals surface area contributed by atoms with Crippen LogP contribution in [0.3, 0.4) is 0 Å². The van der Waals surface area contributed by atoms with Gasteiger partial charge in [-0.05, 0) is 6.42 Å². The molecule has 1 N–H and O–H groups in total. The zero-order valence-corrected chi connectivity index (χ0v) is 12.4. The van der Waals surface area contributed by atoms with Crippen molar-refractivity contribution in [3.8, 4) is 21.4 Å². The van der Waals surface area contributed by atoms with Crippen molar-refractivity contribution >= 4 is 27.8 Å². The molecular formula is C12H12N6S2. The molecule has 0 atom stereocenters. The summed E-state index contributed by atoms with van der Waals surface area (Å²) >= 11 is 3.04. The molecule has 3 aromatic rings. The molecule has 102 valence electrons. The van der Waals surface area contributed by atoms with Crippen LogP contribution in [0.2, 0.25) is 0 Å². The van der Waals surface area contributed by atoms with Crippen molar-refractivity contribution in [2.45, 2.75) is 13.3 Å². The molecule has 8 heteroatoms. The SMILES string of the molecule is CCCNc1nnc(-c2csc(-c3cnccn3)n2)s1. The molecule has 0 aliphatic carbocycles. The predicted molar refractivity (Wildman–Crippen MR) is 80.8 cm³/mol. The van der Waals surface area contributed by atoms with Gasteiger partial charge in [-0.25, -0.2) is 4.98 Å². The van der Waals surface area contributed by atoms with E-state index in [9.17, 15) is 0 Å². The summed E-state index contributed by atoms with van der Waals surface area (Å²) in [5.74, 6) is 0. The van der Waals surface area contributed by atoms with Gasteiger partial charge in [-0.2, -0.15) is 0 Å². The maximum absolute atomic E-state index is 4.54. The lowest BCUT2D eigenvalue weighted by atomic mass is 10.4. The van der Waals surface area contributed by atoms with Crippen molar-refractivity contribution in [2.75, 3.05) is 11.9 Å². The van der Waals surface area contributed by atoms with Gasteiger partial charge >= 0.3 is 0 Å². The number of nitrogens with one attached hydrogen (secondary N) is 1. The number of nitrogens with zero attached hydrogens (tertiary/aromatic N) is 5. The van der Waals surface area contributed by atoms with E-state index >= 15 is 0 Å². The Labute approximate surface area is 124 Å². The molecular weight excluding hydrogens is 292 g/mol. The van der Waals surface area contributed by atoms with E-state index in [0.717, 1.165) is 39.5 Å². The fourth-order valence-electron chi connectivity index (χ4n) is 1.53. The predicted octanol–water partition coefficient (Wildman–Crippen LogP) is 2.94. The van der Waals surface area contributed by atoms with E-state index < -0.39 is 0 Å². The summed E-state index contributed by atoms with van der Waals surface area (Å²) in [5.41, 5.74) is 1.61. The van der Waals surface area contributed by atoms with E-state index in [0.29, 0.717) is 0 Å². The number of thiazole rings is 1. The lowest BCUT2D eigenvalue weighted by Crippen LogP contribution is -1.98. The summed E-state index contributed by atoms with van der Waals surface area (Å²) in [7, 11) is 0. The molecule has 3 rings (SSSR count). The summed E-state index contributed by atoms with van der Waals surface area (Å²) in [4.78, 5) is 12.8. The van der Waals surface area contributed by atoms with Gasteiger partial charge in [0.2, 0.25) is 5.13 Å². The third kappa shape index (κ3) is 2.81. The van der Waals surface area contributed by atoms with Gasteiger partial charge < -0.3 is 5.32 Å². The molecule has 0 aliphatic heterocycles. The van der Waals surface area contributed by atoms with Gasteiger partial charge in [0.1, 0.15) is 16.4 Å². The second-order valence-electron chi connectivity index (χ2n) is 3.97. The first-order valence-electron chi connectivity index (χ1n) is 6.16. The van der Waals surface area contributed by atoms with Crippen LogP contribution >= 0.6 is 22.7 Å². The van der Waals surface area contributed by atoms with E-state index in [2.05, 4.69) is 37.4 Å². The quantitative estimate of drug-likeness (QED) is 0.781. The molecule has 0 aliphatic rings. The van der Waals surface area contributed by atoms with Crippen molar-refractivity contribution in [3.05, 3.63) is 24.0 Å². The Morgan fingerprint density at radius 2 is 2.10 bits per heavy atom. The smallest absolute Gasteiger partial charge is 0.206 e. The highest BCUT2D eigenvalue weighted by Gasteiger charge is 2.12. The van der Waals surface area contributed by atoms with Crippen LogP contribution in [0.25, 0.3) is 21.4 Å². The van der Waals surface area contributed by atoms with Crippen molar-refractivity contribution in [3.63, 3.8) is 0 Å². The molecule has 0 amide bonds. The third-order valence-corrected chi connectivity index (χ3v) is 4.23. The first-order valence-corrected chi connectivity index (χ1v) is 7.86. The number of hydrogen-bond donors (Lipinski definition) is 1. The molecule has 0 spiro atoms. The molecule has 6 nitrogen and oxygen atoms in total. The highest BCUT2D eigenvalue weighted by atomic mass is 32.1. The van der Waals surface area contributed by atoms with Crippen LogP contribution in [0, 0.1) is 0 Å². The summed E-state index contributed by atoms with van der Waals surface area (Å²) in [6.45, 7) is 3.01. The molecule has 20 heavy (non-hydrogen) atoms. The van der Waals surface area contributed by atoms with Crippen LogP contribution in [-0.2, 0) is 0 Å². The van der Waals surface area contributed by atoms with E-state index in [-0.39, 0.29) is 0 Å². The fraction of sp³-hybridized carbons (Fsp3) is 0.250. The van der Waals surface area contributed by atoms with Crippen LogP contribution in [0.4, 0.5) is 5.13 Å². The maximum atomic E-state index is 4.54.